The van der Waals surface area contributed by atoms with Crippen LogP contribution < -0.4 is 5.32 Å². The molecule has 1 unspecified atom stereocenters. The molecule has 2 aromatic carbocycles. The highest BCUT2D eigenvalue weighted by Crippen LogP contribution is 2.10. The first-order valence-corrected chi connectivity index (χ1v) is 6.39. The van der Waals surface area contributed by atoms with Crippen molar-refractivity contribution in [3.8, 4) is 0 Å². The summed E-state index contributed by atoms with van der Waals surface area (Å²) in [4.78, 5) is 11.7. The summed E-state index contributed by atoms with van der Waals surface area (Å²) in [6, 6.07) is 14.9. The SMILES string of the molecule is O=C(Cc1ccc(F)cc1)NCC(O)c1ccccc1. The van der Waals surface area contributed by atoms with Crippen LogP contribution in [0.4, 0.5) is 4.39 Å². The first-order valence-electron chi connectivity index (χ1n) is 6.39. The van der Waals surface area contributed by atoms with Crippen molar-refractivity contribution < 1.29 is 14.3 Å². The molecule has 0 bridgehead atoms. The second kappa shape index (κ2) is 6.82. The molecular formula is C16H16FNO2. The molecule has 0 aliphatic heterocycles. The summed E-state index contributed by atoms with van der Waals surface area (Å²) in [7, 11) is 0. The topological polar surface area (TPSA) is 49.3 Å². The summed E-state index contributed by atoms with van der Waals surface area (Å²) >= 11 is 0. The van der Waals surface area contributed by atoms with E-state index in [1.165, 1.54) is 12.1 Å². The van der Waals surface area contributed by atoms with Crippen molar-refractivity contribution in [1.82, 2.24) is 5.32 Å². The number of hydrogen-bond donors (Lipinski definition) is 2. The number of halogens is 1. The zero-order chi connectivity index (χ0) is 14.4. The van der Waals surface area contributed by atoms with Crippen molar-refractivity contribution >= 4 is 5.91 Å². The third-order valence-electron chi connectivity index (χ3n) is 2.95. The molecule has 2 rings (SSSR count). The van der Waals surface area contributed by atoms with E-state index in [0.29, 0.717) is 0 Å². The van der Waals surface area contributed by atoms with Gasteiger partial charge in [0.25, 0.3) is 0 Å². The normalized spacial score (nSPS) is 11.9. The molecule has 2 aromatic rings. The molecule has 2 N–H and O–H groups in total. The first kappa shape index (κ1) is 14.2. The fraction of sp³-hybridized carbons (Fsp3) is 0.188. The first-order chi connectivity index (χ1) is 9.65. The molecular weight excluding hydrogens is 257 g/mol. The van der Waals surface area contributed by atoms with E-state index >= 15 is 0 Å². The Morgan fingerprint density at radius 2 is 1.75 bits per heavy atom. The van der Waals surface area contributed by atoms with Gasteiger partial charge in [-0.05, 0) is 23.3 Å². The standard InChI is InChI=1S/C16H16FNO2/c17-14-8-6-12(7-9-14)10-16(20)18-11-15(19)13-4-2-1-3-5-13/h1-9,15,19H,10-11H2,(H,18,20). The minimum Gasteiger partial charge on any atom is -0.387 e. The molecule has 1 atom stereocenters. The van der Waals surface area contributed by atoms with Crippen LogP contribution in [0, 0.1) is 5.82 Å². The molecule has 3 nitrogen and oxygen atoms in total. The lowest BCUT2D eigenvalue weighted by Crippen LogP contribution is -2.29. The molecule has 0 aliphatic rings. The van der Waals surface area contributed by atoms with Crippen LogP contribution in [0.1, 0.15) is 17.2 Å². The van der Waals surface area contributed by atoms with Gasteiger partial charge in [0.15, 0.2) is 0 Å². The molecule has 4 heteroatoms. The van der Waals surface area contributed by atoms with Crippen molar-refractivity contribution in [2.75, 3.05) is 6.54 Å². The van der Waals surface area contributed by atoms with Crippen molar-refractivity contribution in [3.05, 3.63) is 71.5 Å². The van der Waals surface area contributed by atoms with Gasteiger partial charge in [0.05, 0.1) is 12.5 Å². The monoisotopic (exact) mass is 273 g/mol. The molecule has 104 valence electrons. The number of carbonyl (C=O) groups excluding carboxylic acids is 1. The van der Waals surface area contributed by atoms with Gasteiger partial charge in [0.2, 0.25) is 5.91 Å². The molecule has 1 amide bonds. The molecule has 0 aliphatic carbocycles. The highest BCUT2D eigenvalue weighted by atomic mass is 19.1. The summed E-state index contributed by atoms with van der Waals surface area (Å²) in [6.45, 7) is 0.157. The van der Waals surface area contributed by atoms with Crippen molar-refractivity contribution in [3.63, 3.8) is 0 Å². The number of aliphatic hydroxyl groups excluding tert-OH is 1. The van der Waals surface area contributed by atoms with Gasteiger partial charge in [0.1, 0.15) is 5.82 Å². The number of carbonyl (C=O) groups is 1. The van der Waals surface area contributed by atoms with Gasteiger partial charge in [-0.1, -0.05) is 42.5 Å². The number of amides is 1. The average Bonchev–Trinajstić information content (AvgIpc) is 2.48. The second-order valence-electron chi connectivity index (χ2n) is 4.53. The maximum atomic E-state index is 12.7. The Labute approximate surface area is 117 Å². The van der Waals surface area contributed by atoms with Gasteiger partial charge in [-0.15, -0.1) is 0 Å². The summed E-state index contributed by atoms with van der Waals surface area (Å²) in [5.74, 6) is -0.528. The maximum absolute atomic E-state index is 12.7. The molecule has 0 fully saturated rings. The summed E-state index contributed by atoms with van der Waals surface area (Å²) in [5.41, 5.74) is 1.49. The molecule has 0 radical (unpaired) electrons. The zero-order valence-corrected chi connectivity index (χ0v) is 10.9. The number of benzene rings is 2. The van der Waals surface area contributed by atoms with Crippen LogP contribution in [-0.2, 0) is 11.2 Å². The van der Waals surface area contributed by atoms with Crippen LogP contribution in [0.5, 0.6) is 0 Å². The Morgan fingerprint density at radius 1 is 1.10 bits per heavy atom. The van der Waals surface area contributed by atoms with Crippen LogP contribution in [0.3, 0.4) is 0 Å². The molecule has 0 spiro atoms. The Morgan fingerprint density at radius 3 is 2.40 bits per heavy atom. The smallest absolute Gasteiger partial charge is 0.224 e. The highest BCUT2D eigenvalue weighted by Gasteiger charge is 2.09. The van der Waals surface area contributed by atoms with Crippen molar-refractivity contribution in [2.45, 2.75) is 12.5 Å². The van der Waals surface area contributed by atoms with E-state index in [4.69, 9.17) is 0 Å². The Kier molecular flexibility index (Phi) is 4.85. The van der Waals surface area contributed by atoms with Crippen molar-refractivity contribution in [1.29, 1.82) is 0 Å². The average molecular weight is 273 g/mol. The predicted molar refractivity (Wildman–Crippen MR) is 74.5 cm³/mol. The summed E-state index contributed by atoms with van der Waals surface area (Å²) in [5, 5.41) is 12.6. The highest BCUT2D eigenvalue weighted by molar-refractivity contribution is 5.78. The molecule has 20 heavy (non-hydrogen) atoms. The third kappa shape index (κ3) is 4.17. The number of hydrogen-bond acceptors (Lipinski definition) is 2. The van der Waals surface area contributed by atoms with Gasteiger partial charge < -0.3 is 10.4 Å². The fourth-order valence-corrected chi connectivity index (χ4v) is 1.85. The van der Waals surface area contributed by atoms with Crippen molar-refractivity contribution in [2.24, 2.45) is 0 Å². The van der Waals surface area contributed by atoms with E-state index in [9.17, 15) is 14.3 Å². The largest absolute Gasteiger partial charge is 0.387 e. The number of aliphatic hydroxyl groups is 1. The predicted octanol–water partition coefficient (Wildman–Crippen LogP) is 2.22. The van der Waals surface area contributed by atoms with Gasteiger partial charge in [-0.3, -0.25) is 4.79 Å². The van der Waals surface area contributed by atoms with E-state index in [2.05, 4.69) is 5.32 Å². The number of rotatable bonds is 5. The van der Waals surface area contributed by atoms with Crippen LogP contribution >= 0.6 is 0 Å². The lowest BCUT2D eigenvalue weighted by atomic mass is 10.1. The summed E-state index contributed by atoms with van der Waals surface area (Å²) < 4.78 is 12.7. The van der Waals surface area contributed by atoms with Gasteiger partial charge in [0, 0.05) is 6.54 Å². The van der Waals surface area contributed by atoms with Gasteiger partial charge >= 0.3 is 0 Å². The lowest BCUT2D eigenvalue weighted by molar-refractivity contribution is -0.120. The fourth-order valence-electron chi connectivity index (χ4n) is 1.85. The van der Waals surface area contributed by atoms with E-state index in [1.807, 2.05) is 18.2 Å². The third-order valence-corrected chi connectivity index (χ3v) is 2.95. The Bertz CT molecular complexity index is 554. The van der Waals surface area contributed by atoms with Crippen LogP contribution in [0.25, 0.3) is 0 Å². The second-order valence-corrected chi connectivity index (χ2v) is 4.53. The zero-order valence-electron chi connectivity index (χ0n) is 10.9. The van der Waals surface area contributed by atoms with Gasteiger partial charge in [-0.2, -0.15) is 0 Å². The van der Waals surface area contributed by atoms with Crippen LogP contribution in [-0.4, -0.2) is 17.6 Å². The molecule has 0 saturated carbocycles. The lowest BCUT2D eigenvalue weighted by Gasteiger charge is -2.12. The van der Waals surface area contributed by atoms with E-state index < -0.39 is 6.10 Å². The molecule has 0 heterocycles. The quantitative estimate of drug-likeness (QED) is 0.877. The minimum atomic E-state index is -0.728. The number of nitrogens with one attached hydrogen (secondary N) is 1. The minimum absolute atomic E-state index is 0.157. The Hall–Kier alpha value is -2.20. The summed E-state index contributed by atoms with van der Waals surface area (Å²) in [6.07, 6.45) is -0.560. The molecule has 0 saturated heterocycles. The van der Waals surface area contributed by atoms with E-state index in [-0.39, 0.29) is 24.7 Å². The maximum Gasteiger partial charge on any atom is 0.224 e. The van der Waals surface area contributed by atoms with E-state index in [0.717, 1.165) is 11.1 Å². The molecule has 0 aromatic heterocycles. The van der Waals surface area contributed by atoms with Gasteiger partial charge in [-0.25, -0.2) is 4.39 Å². The Balaban J connectivity index is 1.82. The van der Waals surface area contributed by atoms with Crippen LogP contribution in [0.2, 0.25) is 0 Å². The van der Waals surface area contributed by atoms with Crippen LogP contribution in [0.15, 0.2) is 54.6 Å². The van der Waals surface area contributed by atoms with E-state index in [1.54, 1.807) is 24.3 Å².